The number of esters is 1. The van der Waals surface area contributed by atoms with Crippen molar-refractivity contribution in [3.05, 3.63) is 65.4 Å². The van der Waals surface area contributed by atoms with E-state index in [2.05, 4.69) is 10.2 Å². The van der Waals surface area contributed by atoms with Crippen LogP contribution in [0.15, 0.2) is 42.6 Å². The third kappa shape index (κ3) is 2.94. The van der Waals surface area contributed by atoms with E-state index in [-0.39, 0.29) is 5.56 Å². The lowest BCUT2D eigenvalue weighted by molar-refractivity contribution is -0.127. The fourth-order valence-corrected chi connectivity index (χ4v) is 2.23. The monoisotopic (exact) mass is 328 g/mol. The Bertz CT molecular complexity index is 921. The number of pyridine rings is 1. The standard InChI is InChI=1S/C16H13FN4O3/c1-9-19-20-13-7-4-11(8-21(9)13)16(23)24-14(15(18)22)10-2-5-12(17)6-3-10/h2-8,14H,1H3,(H2,18,22). The van der Waals surface area contributed by atoms with Crippen LogP contribution in [0.2, 0.25) is 0 Å². The van der Waals surface area contributed by atoms with E-state index in [0.29, 0.717) is 17.0 Å². The third-order valence-corrected chi connectivity index (χ3v) is 3.46. The van der Waals surface area contributed by atoms with E-state index in [1.807, 2.05) is 0 Å². The van der Waals surface area contributed by atoms with E-state index in [0.717, 1.165) is 12.1 Å². The number of primary amides is 1. The second-order valence-corrected chi connectivity index (χ2v) is 5.13. The molecule has 0 spiro atoms. The molecular formula is C16H13FN4O3. The molecule has 1 aromatic carbocycles. The summed E-state index contributed by atoms with van der Waals surface area (Å²) in [7, 11) is 0. The zero-order chi connectivity index (χ0) is 17.3. The number of nitrogens with two attached hydrogens (primary N) is 1. The molecule has 0 saturated carbocycles. The summed E-state index contributed by atoms with van der Waals surface area (Å²) in [4.78, 5) is 23.9. The number of benzene rings is 1. The van der Waals surface area contributed by atoms with Gasteiger partial charge in [0.1, 0.15) is 11.6 Å². The van der Waals surface area contributed by atoms with Crippen LogP contribution in [0.5, 0.6) is 0 Å². The predicted octanol–water partition coefficient (Wildman–Crippen LogP) is 1.56. The molecule has 122 valence electrons. The van der Waals surface area contributed by atoms with Gasteiger partial charge in [0.2, 0.25) is 6.10 Å². The van der Waals surface area contributed by atoms with Crippen LogP contribution in [0.3, 0.4) is 0 Å². The molecule has 2 heterocycles. The quantitative estimate of drug-likeness (QED) is 0.733. The summed E-state index contributed by atoms with van der Waals surface area (Å²) in [6.07, 6.45) is 0.200. The number of aromatic nitrogens is 3. The predicted molar refractivity (Wildman–Crippen MR) is 81.5 cm³/mol. The van der Waals surface area contributed by atoms with Crippen LogP contribution in [0.25, 0.3) is 5.65 Å². The number of carbonyl (C=O) groups is 2. The van der Waals surface area contributed by atoms with Crippen LogP contribution in [0, 0.1) is 12.7 Å². The summed E-state index contributed by atoms with van der Waals surface area (Å²) in [5.74, 6) is -1.46. The van der Waals surface area contributed by atoms with Gasteiger partial charge in [-0.25, -0.2) is 9.18 Å². The van der Waals surface area contributed by atoms with Gasteiger partial charge in [-0.15, -0.1) is 10.2 Å². The minimum atomic E-state index is -1.31. The first-order chi connectivity index (χ1) is 11.5. The van der Waals surface area contributed by atoms with E-state index in [4.69, 9.17) is 10.5 Å². The van der Waals surface area contributed by atoms with Crippen LogP contribution in [-0.4, -0.2) is 26.5 Å². The van der Waals surface area contributed by atoms with Crippen molar-refractivity contribution in [3.63, 3.8) is 0 Å². The zero-order valence-corrected chi connectivity index (χ0v) is 12.6. The van der Waals surface area contributed by atoms with Gasteiger partial charge in [-0.05, 0) is 31.2 Å². The summed E-state index contributed by atoms with van der Waals surface area (Å²) in [5, 5.41) is 7.81. The molecule has 0 bridgehead atoms. The average molecular weight is 328 g/mol. The summed E-state index contributed by atoms with van der Waals surface area (Å²) in [6.45, 7) is 1.74. The molecule has 0 aliphatic carbocycles. The summed E-state index contributed by atoms with van der Waals surface area (Å²) in [5.41, 5.74) is 6.37. The Balaban J connectivity index is 1.88. The molecule has 8 heteroatoms. The highest BCUT2D eigenvalue weighted by Gasteiger charge is 2.24. The lowest BCUT2D eigenvalue weighted by Gasteiger charge is -2.15. The fourth-order valence-electron chi connectivity index (χ4n) is 2.23. The van der Waals surface area contributed by atoms with Crippen molar-refractivity contribution in [1.29, 1.82) is 0 Å². The number of fused-ring (bicyclic) bond motifs is 1. The summed E-state index contributed by atoms with van der Waals surface area (Å²) >= 11 is 0. The molecule has 1 atom stereocenters. The minimum Gasteiger partial charge on any atom is -0.444 e. The van der Waals surface area contributed by atoms with Crippen molar-refractivity contribution < 1.29 is 18.7 Å². The van der Waals surface area contributed by atoms with Gasteiger partial charge in [0.15, 0.2) is 5.65 Å². The summed E-state index contributed by atoms with van der Waals surface area (Å²) in [6, 6.07) is 8.11. The topological polar surface area (TPSA) is 99.6 Å². The Morgan fingerprint density at radius 3 is 2.54 bits per heavy atom. The van der Waals surface area contributed by atoms with Gasteiger partial charge in [0.25, 0.3) is 5.91 Å². The number of nitrogens with zero attached hydrogens (tertiary/aromatic N) is 3. The van der Waals surface area contributed by atoms with Crippen molar-refractivity contribution in [2.45, 2.75) is 13.0 Å². The van der Waals surface area contributed by atoms with E-state index in [1.54, 1.807) is 17.4 Å². The van der Waals surface area contributed by atoms with Crippen molar-refractivity contribution >= 4 is 17.5 Å². The van der Waals surface area contributed by atoms with E-state index in [1.165, 1.54) is 24.4 Å². The van der Waals surface area contributed by atoms with Gasteiger partial charge in [0.05, 0.1) is 5.56 Å². The van der Waals surface area contributed by atoms with E-state index >= 15 is 0 Å². The molecule has 0 aliphatic heterocycles. The molecule has 2 N–H and O–H groups in total. The van der Waals surface area contributed by atoms with Crippen LogP contribution >= 0.6 is 0 Å². The maximum Gasteiger partial charge on any atom is 0.340 e. The number of rotatable bonds is 4. The van der Waals surface area contributed by atoms with Gasteiger partial charge in [-0.2, -0.15) is 0 Å². The summed E-state index contributed by atoms with van der Waals surface area (Å²) < 4.78 is 19.8. The molecule has 2 aromatic heterocycles. The van der Waals surface area contributed by atoms with Gasteiger partial charge >= 0.3 is 5.97 Å². The van der Waals surface area contributed by atoms with Crippen LogP contribution < -0.4 is 5.73 Å². The van der Waals surface area contributed by atoms with Crippen molar-refractivity contribution in [3.8, 4) is 0 Å². The molecule has 0 saturated heterocycles. The van der Waals surface area contributed by atoms with Gasteiger partial charge in [-0.3, -0.25) is 9.20 Å². The number of halogens is 1. The number of amides is 1. The van der Waals surface area contributed by atoms with Crippen LogP contribution in [-0.2, 0) is 9.53 Å². The normalized spacial score (nSPS) is 12.1. The highest BCUT2D eigenvalue weighted by Crippen LogP contribution is 2.20. The third-order valence-electron chi connectivity index (χ3n) is 3.46. The lowest BCUT2D eigenvalue weighted by Crippen LogP contribution is -2.26. The first-order valence-electron chi connectivity index (χ1n) is 7.03. The maximum absolute atomic E-state index is 13.0. The van der Waals surface area contributed by atoms with Crippen LogP contribution in [0.4, 0.5) is 4.39 Å². The Morgan fingerprint density at radius 2 is 1.88 bits per heavy atom. The average Bonchev–Trinajstić information content (AvgIpc) is 2.94. The smallest absolute Gasteiger partial charge is 0.340 e. The van der Waals surface area contributed by atoms with Gasteiger partial charge < -0.3 is 10.5 Å². The number of hydrogen-bond donors (Lipinski definition) is 1. The van der Waals surface area contributed by atoms with E-state index < -0.39 is 23.8 Å². The molecule has 1 unspecified atom stereocenters. The van der Waals surface area contributed by atoms with Gasteiger partial charge in [-0.1, -0.05) is 12.1 Å². The fraction of sp³-hybridized carbons (Fsp3) is 0.125. The molecule has 1 amide bonds. The number of carbonyl (C=O) groups excluding carboxylic acids is 2. The first-order valence-corrected chi connectivity index (χ1v) is 7.03. The molecule has 24 heavy (non-hydrogen) atoms. The van der Waals surface area contributed by atoms with Crippen molar-refractivity contribution in [2.75, 3.05) is 0 Å². The second-order valence-electron chi connectivity index (χ2n) is 5.13. The van der Waals surface area contributed by atoms with Gasteiger partial charge in [0, 0.05) is 11.8 Å². The van der Waals surface area contributed by atoms with E-state index in [9.17, 15) is 14.0 Å². The van der Waals surface area contributed by atoms with Crippen LogP contribution in [0.1, 0.15) is 27.8 Å². The largest absolute Gasteiger partial charge is 0.444 e. The molecular weight excluding hydrogens is 315 g/mol. The Hall–Kier alpha value is -3.29. The zero-order valence-electron chi connectivity index (χ0n) is 12.6. The molecule has 3 aromatic rings. The molecule has 0 radical (unpaired) electrons. The SMILES string of the molecule is Cc1nnc2ccc(C(=O)OC(C(N)=O)c3ccc(F)cc3)cn12. The molecule has 0 aliphatic rings. The second kappa shape index (κ2) is 6.07. The molecule has 0 fully saturated rings. The molecule has 3 rings (SSSR count). The van der Waals surface area contributed by atoms with Crippen molar-refractivity contribution in [1.82, 2.24) is 14.6 Å². The first kappa shape index (κ1) is 15.6. The number of hydrogen-bond acceptors (Lipinski definition) is 5. The van der Waals surface area contributed by atoms with Crippen molar-refractivity contribution in [2.24, 2.45) is 5.73 Å². The highest BCUT2D eigenvalue weighted by molar-refractivity contribution is 5.92. The highest BCUT2D eigenvalue weighted by atomic mass is 19.1. The Labute approximate surface area is 135 Å². The Kier molecular flexibility index (Phi) is 3.95. The lowest BCUT2D eigenvalue weighted by atomic mass is 10.1. The Morgan fingerprint density at radius 1 is 1.17 bits per heavy atom. The number of ether oxygens (including phenoxy) is 1. The number of aryl methyl sites for hydroxylation is 1. The molecule has 7 nitrogen and oxygen atoms in total. The maximum atomic E-state index is 13.0. The minimum absolute atomic E-state index is 0.207.